The van der Waals surface area contributed by atoms with Crippen molar-refractivity contribution in [1.29, 1.82) is 5.26 Å². The van der Waals surface area contributed by atoms with Gasteiger partial charge in [-0.1, -0.05) is 29.5 Å². The maximum Gasteiger partial charge on any atom is 0.317 e. The Kier molecular flexibility index (Phi) is 5.98. The number of nitrogens with zero attached hydrogens (tertiary/aromatic N) is 3. The highest BCUT2D eigenvalue weighted by atomic mass is 32.1. The Morgan fingerprint density at radius 1 is 1.32 bits per heavy atom. The normalized spacial score (nSPS) is 15.0. The first-order valence-electron chi connectivity index (χ1n) is 10.1. The number of hydrogen-bond donors (Lipinski definition) is 2. The van der Waals surface area contributed by atoms with E-state index in [2.05, 4.69) is 21.6 Å². The molecule has 31 heavy (non-hydrogen) atoms. The van der Waals surface area contributed by atoms with E-state index in [9.17, 15) is 10.1 Å². The number of carboxylic acid groups (broad SMARTS) is 1. The first-order chi connectivity index (χ1) is 15.0. The maximum absolute atomic E-state index is 10.9. The smallest absolute Gasteiger partial charge is 0.317 e. The lowest BCUT2D eigenvalue weighted by Gasteiger charge is -2.13. The van der Waals surface area contributed by atoms with Crippen LogP contribution in [0.2, 0.25) is 0 Å². The molecule has 0 amide bonds. The molecular formula is C23H22N4O3S. The SMILES string of the molecule is CC(C)Oc1ccc(-c2nnc(-c3cccc4c3CCC4NCC(=O)O)s2)cc1C#N. The molecule has 0 spiro atoms. The molecule has 2 N–H and O–H groups in total. The number of aliphatic carboxylic acids is 1. The minimum absolute atomic E-state index is 0.0138. The third-order valence-electron chi connectivity index (χ3n) is 5.14. The van der Waals surface area contributed by atoms with Gasteiger partial charge in [-0.05, 0) is 56.0 Å². The van der Waals surface area contributed by atoms with Crippen molar-refractivity contribution >= 4 is 17.3 Å². The minimum Gasteiger partial charge on any atom is -0.490 e. The summed E-state index contributed by atoms with van der Waals surface area (Å²) in [6, 6.07) is 13.7. The fourth-order valence-corrected chi connectivity index (χ4v) is 4.73. The second-order valence-corrected chi connectivity index (χ2v) is 8.62. The summed E-state index contributed by atoms with van der Waals surface area (Å²) in [7, 11) is 0. The summed E-state index contributed by atoms with van der Waals surface area (Å²) in [4.78, 5) is 10.9. The van der Waals surface area contributed by atoms with Crippen LogP contribution >= 0.6 is 11.3 Å². The lowest BCUT2D eigenvalue weighted by atomic mass is 10.0. The standard InChI is InChI=1S/C23H22N4O3S/c1-13(2)30-20-9-6-14(10-15(20)11-24)22-26-27-23(31-22)18-5-3-4-17-16(18)7-8-19(17)25-12-21(28)29/h3-6,9-10,13,19,25H,7-8,12H2,1-2H3,(H,28,29). The molecule has 158 valence electrons. The predicted octanol–water partition coefficient (Wildman–Crippen LogP) is 4.19. The number of fused-ring (bicyclic) bond motifs is 1. The lowest BCUT2D eigenvalue weighted by Crippen LogP contribution is -2.25. The van der Waals surface area contributed by atoms with Crippen molar-refractivity contribution in [1.82, 2.24) is 15.5 Å². The van der Waals surface area contributed by atoms with Crippen molar-refractivity contribution in [3.05, 3.63) is 53.1 Å². The van der Waals surface area contributed by atoms with E-state index in [0.29, 0.717) is 11.3 Å². The van der Waals surface area contributed by atoms with Crippen LogP contribution in [0.3, 0.4) is 0 Å². The summed E-state index contributed by atoms with van der Waals surface area (Å²) in [5, 5.41) is 31.9. The molecule has 3 aromatic rings. The van der Waals surface area contributed by atoms with Crippen LogP contribution in [0.25, 0.3) is 21.1 Å². The summed E-state index contributed by atoms with van der Waals surface area (Å²) >= 11 is 1.48. The highest BCUT2D eigenvalue weighted by molar-refractivity contribution is 7.17. The molecule has 0 saturated heterocycles. The first kappa shape index (κ1) is 21.0. The molecule has 2 aromatic carbocycles. The summed E-state index contributed by atoms with van der Waals surface area (Å²) < 4.78 is 5.70. The Bertz CT molecular complexity index is 1170. The quantitative estimate of drug-likeness (QED) is 0.574. The lowest BCUT2D eigenvalue weighted by molar-refractivity contribution is -0.136. The monoisotopic (exact) mass is 434 g/mol. The van der Waals surface area contributed by atoms with E-state index in [1.807, 2.05) is 38.1 Å². The van der Waals surface area contributed by atoms with Crippen molar-refractivity contribution < 1.29 is 14.6 Å². The van der Waals surface area contributed by atoms with E-state index in [1.54, 1.807) is 12.1 Å². The average molecular weight is 435 g/mol. The number of carbonyl (C=O) groups is 1. The number of aromatic nitrogens is 2. The molecule has 1 heterocycles. The molecule has 0 bridgehead atoms. The molecule has 1 aliphatic carbocycles. The van der Waals surface area contributed by atoms with E-state index in [0.717, 1.165) is 39.5 Å². The van der Waals surface area contributed by atoms with E-state index < -0.39 is 5.97 Å². The average Bonchev–Trinajstić information content (AvgIpc) is 3.39. The Labute approximate surface area is 184 Å². The van der Waals surface area contributed by atoms with E-state index >= 15 is 0 Å². The number of ether oxygens (including phenoxy) is 1. The predicted molar refractivity (Wildman–Crippen MR) is 118 cm³/mol. The number of hydrogen-bond acceptors (Lipinski definition) is 7. The van der Waals surface area contributed by atoms with Crippen LogP contribution in [0, 0.1) is 11.3 Å². The van der Waals surface area contributed by atoms with Gasteiger partial charge in [-0.2, -0.15) is 5.26 Å². The van der Waals surface area contributed by atoms with Gasteiger partial charge >= 0.3 is 5.97 Å². The Hall–Kier alpha value is -3.28. The van der Waals surface area contributed by atoms with Gasteiger partial charge in [0.2, 0.25) is 0 Å². The third-order valence-corrected chi connectivity index (χ3v) is 6.14. The third kappa shape index (κ3) is 4.43. The van der Waals surface area contributed by atoms with Gasteiger partial charge in [0.25, 0.3) is 0 Å². The zero-order chi connectivity index (χ0) is 22.0. The molecule has 4 rings (SSSR count). The minimum atomic E-state index is -0.861. The van der Waals surface area contributed by atoms with Crippen LogP contribution in [0.5, 0.6) is 5.75 Å². The number of nitrogens with one attached hydrogen (secondary N) is 1. The largest absolute Gasteiger partial charge is 0.490 e. The van der Waals surface area contributed by atoms with Crippen LogP contribution in [0.1, 0.15) is 43.0 Å². The number of benzene rings is 2. The number of nitriles is 1. The molecule has 0 fully saturated rings. The van der Waals surface area contributed by atoms with E-state index in [1.165, 1.54) is 16.9 Å². The van der Waals surface area contributed by atoms with Gasteiger partial charge in [0.05, 0.1) is 18.2 Å². The van der Waals surface area contributed by atoms with Gasteiger partial charge in [0, 0.05) is 17.2 Å². The molecule has 1 unspecified atom stereocenters. The zero-order valence-corrected chi connectivity index (χ0v) is 18.1. The molecule has 1 aromatic heterocycles. The van der Waals surface area contributed by atoms with Crippen LogP contribution in [-0.4, -0.2) is 33.9 Å². The number of carboxylic acids is 1. The highest BCUT2D eigenvalue weighted by Gasteiger charge is 2.26. The summed E-state index contributed by atoms with van der Waals surface area (Å²) in [6.07, 6.45) is 1.70. The Morgan fingerprint density at radius 2 is 2.13 bits per heavy atom. The van der Waals surface area contributed by atoms with Gasteiger partial charge in [0.1, 0.15) is 21.8 Å². The topological polar surface area (TPSA) is 108 Å². The zero-order valence-electron chi connectivity index (χ0n) is 17.3. The van der Waals surface area contributed by atoms with Crippen molar-refractivity contribution in [2.45, 2.75) is 38.8 Å². The first-order valence-corrected chi connectivity index (χ1v) is 10.9. The van der Waals surface area contributed by atoms with Gasteiger partial charge in [0.15, 0.2) is 0 Å². The molecule has 7 nitrogen and oxygen atoms in total. The molecule has 0 saturated carbocycles. The van der Waals surface area contributed by atoms with Gasteiger partial charge in [-0.3, -0.25) is 4.79 Å². The second-order valence-electron chi connectivity index (χ2n) is 7.64. The van der Waals surface area contributed by atoms with E-state index in [4.69, 9.17) is 9.84 Å². The molecule has 1 aliphatic rings. The van der Waals surface area contributed by atoms with Crippen molar-refractivity contribution in [3.8, 4) is 33.0 Å². The van der Waals surface area contributed by atoms with Crippen LogP contribution in [0.15, 0.2) is 36.4 Å². The highest BCUT2D eigenvalue weighted by Crippen LogP contribution is 2.40. The Morgan fingerprint density at radius 3 is 2.87 bits per heavy atom. The van der Waals surface area contributed by atoms with Crippen molar-refractivity contribution in [2.24, 2.45) is 0 Å². The summed E-state index contributed by atoms with van der Waals surface area (Å²) in [5.41, 5.74) is 4.63. The molecule has 0 radical (unpaired) electrons. The van der Waals surface area contributed by atoms with E-state index in [-0.39, 0.29) is 18.7 Å². The maximum atomic E-state index is 10.9. The van der Waals surface area contributed by atoms with Crippen LogP contribution < -0.4 is 10.1 Å². The number of rotatable bonds is 7. The second kappa shape index (κ2) is 8.84. The van der Waals surface area contributed by atoms with Gasteiger partial charge in [-0.15, -0.1) is 10.2 Å². The summed E-state index contributed by atoms with van der Waals surface area (Å²) in [6.45, 7) is 3.79. The van der Waals surface area contributed by atoms with Crippen LogP contribution in [0.4, 0.5) is 0 Å². The summed E-state index contributed by atoms with van der Waals surface area (Å²) in [5.74, 6) is -0.299. The van der Waals surface area contributed by atoms with Gasteiger partial charge in [-0.25, -0.2) is 0 Å². The Balaban J connectivity index is 1.62. The molecule has 8 heteroatoms. The molecule has 1 atom stereocenters. The fourth-order valence-electron chi connectivity index (χ4n) is 3.83. The molecular weight excluding hydrogens is 412 g/mol. The van der Waals surface area contributed by atoms with Crippen LogP contribution in [-0.2, 0) is 11.2 Å². The van der Waals surface area contributed by atoms with Gasteiger partial charge < -0.3 is 15.2 Å². The molecule has 0 aliphatic heterocycles. The van der Waals surface area contributed by atoms with Crippen molar-refractivity contribution in [2.75, 3.05) is 6.54 Å². The fraction of sp³-hybridized carbons (Fsp3) is 0.304. The van der Waals surface area contributed by atoms with Crippen molar-refractivity contribution in [3.63, 3.8) is 0 Å².